The Morgan fingerprint density at radius 3 is 2.86 bits per heavy atom. The quantitative estimate of drug-likeness (QED) is 0.654. The standard InChI is InChI=1S/C8H13ClN4O/c1-8(2,14)4-12-6-5(10)3-11-7(9)13-6/h3,14H,4,10H2,1-2H3,(H,11,12,13). The van der Waals surface area contributed by atoms with Gasteiger partial charge in [-0.25, -0.2) is 4.98 Å². The highest BCUT2D eigenvalue weighted by Gasteiger charge is 2.13. The monoisotopic (exact) mass is 216 g/mol. The highest BCUT2D eigenvalue weighted by molar-refractivity contribution is 6.28. The van der Waals surface area contributed by atoms with Crippen molar-refractivity contribution in [3.05, 3.63) is 11.5 Å². The molecule has 0 saturated carbocycles. The van der Waals surface area contributed by atoms with Crippen molar-refractivity contribution in [2.45, 2.75) is 19.4 Å². The maximum absolute atomic E-state index is 9.46. The number of nitrogens with two attached hydrogens (primary N) is 1. The van der Waals surface area contributed by atoms with Crippen molar-refractivity contribution in [3.8, 4) is 0 Å². The van der Waals surface area contributed by atoms with Crippen LogP contribution in [0.15, 0.2) is 6.20 Å². The lowest BCUT2D eigenvalue weighted by Crippen LogP contribution is -2.29. The van der Waals surface area contributed by atoms with Crippen molar-refractivity contribution in [2.75, 3.05) is 17.6 Å². The molecule has 0 unspecified atom stereocenters. The summed E-state index contributed by atoms with van der Waals surface area (Å²) in [7, 11) is 0. The van der Waals surface area contributed by atoms with E-state index in [-0.39, 0.29) is 5.28 Å². The van der Waals surface area contributed by atoms with E-state index < -0.39 is 5.60 Å². The fraction of sp³-hybridized carbons (Fsp3) is 0.500. The topological polar surface area (TPSA) is 84.1 Å². The van der Waals surface area contributed by atoms with Gasteiger partial charge in [-0.3, -0.25) is 0 Å². The summed E-state index contributed by atoms with van der Waals surface area (Å²) >= 11 is 5.59. The Balaban J connectivity index is 2.72. The number of aromatic nitrogens is 2. The smallest absolute Gasteiger partial charge is 0.224 e. The first-order chi connectivity index (χ1) is 6.38. The summed E-state index contributed by atoms with van der Waals surface area (Å²) in [5, 5.41) is 12.5. The van der Waals surface area contributed by atoms with Crippen molar-refractivity contribution in [2.24, 2.45) is 0 Å². The third-order valence-corrected chi connectivity index (χ3v) is 1.66. The number of hydrogen-bond acceptors (Lipinski definition) is 5. The third-order valence-electron chi connectivity index (χ3n) is 1.48. The molecule has 78 valence electrons. The van der Waals surface area contributed by atoms with Gasteiger partial charge in [0.05, 0.1) is 17.5 Å². The molecule has 1 aromatic rings. The largest absolute Gasteiger partial charge is 0.394 e. The first-order valence-corrected chi connectivity index (χ1v) is 4.50. The van der Waals surface area contributed by atoms with Crippen molar-refractivity contribution in [1.82, 2.24) is 9.97 Å². The summed E-state index contributed by atoms with van der Waals surface area (Å²) < 4.78 is 0. The molecule has 1 rings (SSSR count). The van der Waals surface area contributed by atoms with Crippen LogP contribution in [0.4, 0.5) is 11.5 Å². The fourth-order valence-corrected chi connectivity index (χ4v) is 0.945. The molecular formula is C8H13ClN4O. The Bertz CT molecular complexity index is 324. The molecular weight excluding hydrogens is 204 g/mol. The molecule has 14 heavy (non-hydrogen) atoms. The van der Waals surface area contributed by atoms with E-state index in [0.29, 0.717) is 18.1 Å². The molecule has 6 heteroatoms. The van der Waals surface area contributed by atoms with Gasteiger partial charge in [0.15, 0.2) is 5.82 Å². The molecule has 0 amide bonds. The first kappa shape index (κ1) is 11.0. The van der Waals surface area contributed by atoms with Gasteiger partial charge >= 0.3 is 0 Å². The minimum Gasteiger partial charge on any atom is -0.394 e. The maximum Gasteiger partial charge on any atom is 0.224 e. The normalized spacial score (nSPS) is 11.4. The van der Waals surface area contributed by atoms with E-state index in [2.05, 4.69) is 15.3 Å². The number of aliphatic hydroxyl groups is 1. The van der Waals surface area contributed by atoms with E-state index in [4.69, 9.17) is 17.3 Å². The van der Waals surface area contributed by atoms with Crippen LogP contribution >= 0.6 is 11.6 Å². The first-order valence-electron chi connectivity index (χ1n) is 4.13. The molecule has 0 aliphatic heterocycles. The number of nitrogens with one attached hydrogen (secondary N) is 1. The van der Waals surface area contributed by atoms with Gasteiger partial charge in [0, 0.05) is 6.54 Å². The Morgan fingerprint density at radius 1 is 1.64 bits per heavy atom. The summed E-state index contributed by atoms with van der Waals surface area (Å²) in [6.07, 6.45) is 1.42. The lowest BCUT2D eigenvalue weighted by molar-refractivity contribution is 0.0944. The molecule has 0 atom stereocenters. The van der Waals surface area contributed by atoms with Crippen LogP contribution in [0.5, 0.6) is 0 Å². The number of anilines is 2. The number of hydrogen-bond donors (Lipinski definition) is 3. The van der Waals surface area contributed by atoms with Crippen LogP contribution in [-0.4, -0.2) is 27.2 Å². The SMILES string of the molecule is CC(C)(O)CNc1nc(Cl)ncc1N. The van der Waals surface area contributed by atoms with Gasteiger partial charge in [0.25, 0.3) is 0 Å². The molecule has 0 aromatic carbocycles. The van der Waals surface area contributed by atoms with Gasteiger partial charge in [-0.2, -0.15) is 4.98 Å². The lowest BCUT2D eigenvalue weighted by Gasteiger charge is -2.18. The predicted molar refractivity (Wildman–Crippen MR) is 56.2 cm³/mol. The van der Waals surface area contributed by atoms with Crippen LogP contribution in [0, 0.1) is 0 Å². The van der Waals surface area contributed by atoms with Crippen molar-refractivity contribution in [1.29, 1.82) is 0 Å². The fourth-order valence-electron chi connectivity index (χ4n) is 0.811. The van der Waals surface area contributed by atoms with Crippen LogP contribution in [0.2, 0.25) is 5.28 Å². The minimum absolute atomic E-state index is 0.123. The zero-order chi connectivity index (χ0) is 10.8. The van der Waals surface area contributed by atoms with Crippen LogP contribution in [-0.2, 0) is 0 Å². The molecule has 0 aliphatic carbocycles. The van der Waals surface area contributed by atoms with Gasteiger partial charge in [0.2, 0.25) is 5.28 Å². The summed E-state index contributed by atoms with van der Waals surface area (Å²) in [5.41, 5.74) is 5.16. The molecule has 0 radical (unpaired) electrons. The molecule has 1 aromatic heterocycles. The molecule has 0 saturated heterocycles. The van der Waals surface area contributed by atoms with E-state index in [9.17, 15) is 5.11 Å². The van der Waals surface area contributed by atoms with Gasteiger partial charge in [-0.05, 0) is 25.4 Å². The molecule has 0 bridgehead atoms. The Hall–Kier alpha value is -1.07. The van der Waals surface area contributed by atoms with Crippen LogP contribution in [0.1, 0.15) is 13.8 Å². The summed E-state index contributed by atoms with van der Waals surface area (Å²) in [5.74, 6) is 0.437. The van der Waals surface area contributed by atoms with Crippen molar-refractivity contribution >= 4 is 23.1 Å². The van der Waals surface area contributed by atoms with Gasteiger partial charge < -0.3 is 16.2 Å². The molecule has 4 N–H and O–H groups in total. The zero-order valence-corrected chi connectivity index (χ0v) is 8.84. The summed E-state index contributed by atoms with van der Waals surface area (Å²) in [6.45, 7) is 3.70. The van der Waals surface area contributed by atoms with E-state index in [0.717, 1.165) is 0 Å². The molecule has 0 spiro atoms. The van der Waals surface area contributed by atoms with Crippen LogP contribution in [0.3, 0.4) is 0 Å². The highest BCUT2D eigenvalue weighted by Crippen LogP contribution is 2.16. The Kier molecular flexibility index (Phi) is 3.13. The number of rotatable bonds is 3. The number of nitrogens with zero attached hydrogens (tertiary/aromatic N) is 2. The zero-order valence-electron chi connectivity index (χ0n) is 8.08. The average molecular weight is 217 g/mol. The van der Waals surface area contributed by atoms with Crippen molar-refractivity contribution in [3.63, 3.8) is 0 Å². The van der Waals surface area contributed by atoms with Crippen LogP contribution < -0.4 is 11.1 Å². The summed E-state index contributed by atoms with van der Waals surface area (Å²) in [6, 6.07) is 0. The predicted octanol–water partition coefficient (Wildman–Crippen LogP) is 0.895. The van der Waals surface area contributed by atoms with E-state index in [1.54, 1.807) is 13.8 Å². The summed E-state index contributed by atoms with van der Waals surface area (Å²) in [4.78, 5) is 7.59. The average Bonchev–Trinajstić information content (AvgIpc) is 2.05. The third kappa shape index (κ3) is 3.35. The second-order valence-electron chi connectivity index (χ2n) is 3.61. The van der Waals surface area contributed by atoms with Gasteiger partial charge in [-0.15, -0.1) is 0 Å². The maximum atomic E-state index is 9.46. The van der Waals surface area contributed by atoms with E-state index in [1.165, 1.54) is 6.20 Å². The number of halogens is 1. The molecule has 0 aliphatic rings. The highest BCUT2D eigenvalue weighted by atomic mass is 35.5. The van der Waals surface area contributed by atoms with E-state index in [1.807, 2.05) is 0 Å². The van der Waals surface area contributed by atoms with Gasteiger partial charge in [-0.1, -0.05) is 0 Å². The minimum atomic E-state index is -0.829. The van der Waals surface area contributed by atoms with Gasteiger partial charge in [0.1, 0.15) is 0 Å². The second kappa shape index (κ2) is 3.98. The Labute approximate surface area is 87.3 Å². The van der Waals surface area contributed by atoms with Crippen molar-refractivity contribution < 1.29 is 5.11 Å². The Morgan fingerprint density at radius 2 is 2.29 bits per heavy atom. The molecule has 1 heterocycles. The van der Waals surface area contributed by atoms with Crippen LogP contribution in [0.25, 0.3) is 0 Å². The molecule has 5 nitrogen and oxygen atoms in total. The lowest BCUT2D eigenvalue weighted by atomic mass is 10.1. The molecule has 0 fully saturated rings. The van der Waals surface area contributed by atoms with E-state index >= 15 is 0 Å². The number of nitrogen functional groups attached to an aromatic ring is 1. The second-order valence-corrected chi connectivity index (χ2v) is 3.95.